The Kier molecular flexibility index (Phi) is 3.27. The number of aromatic nitrogens is 4. The van der Waals surface area contributed by atoms with Crippen LogP contribution in [0.25, 0.3) is 0 Å². The number of hydrogen-bond donors (Lipinski definition) is 2. The summed E-state index contributed by atoms with van der Waals surface area (Å²) in [7, 11) is 0. The SMILES string of the molecule is Clc1nccc(Nc2cc(C3CC3c3ccccc3)n[nH]2)n1. The molecule has 3 aromatic rings. The van der Waals surface area contributed by atoms with Crippen LogP contribution in [0.4, 0.5) is 11.6 Å². The maximum Gasteiger partial charge on any atom is 0.224 e. The van der Waals surface area contributed by atoms with Crippen molar-refractivity contribution < 1.29 is 0 Å². The second-order valence-electron chi connectivity index (χ2n) is 5.40. The van der Waals surface area contributed by atoms with Crippen molar-refractivity contribution in [2.24, 2.45) is 0 Å². The molecule has 0 spiro atoms. The number of rotatable bonds is 4. The van der Waals surface area contributed by atoms with Crippen LogP contribution < -0.4 is 5.32 Å². The van der Waals surface area contributed by atoms with Crippen LogP contribution in [0.1, 0.15) is 29.5 Å². The van der Waals surface area contributed by atoms with Gasteiger partial charge in [-0.1, -0.05) is 30.3 Å². The number of halogens is 1. The molecule has 22 heavy (non-hydrogen) atoms. The monoisotopic (exact) mass is 311 g/mol. The van der Waals surface area contributed by atoms with Gasteiger partial charge in [-0.15, -0.1) is 0 Å². The zero-order valence-corrected chi connectivity index (χ0v) is 12.5. The smallest absolute Gasteiger partial charge is 0.224 e. The second-order valence-corrected chi connectivity index (χ2v) is 5.74. The number of aromatic amines is 1. The number of H-pyrrole nitrogens is 1. The third-order valence-corrected chi connectivity index (χ3v) is 4.07. The van der Waals surface area contributed by atoms with Crippen molar-refractivity contribution in [3.8, 4) is 0 Å². The summed E-state index contributed by atoms with van der Waals surface area (Å²) in [6.07, 6.45) is 2.76. The van der Waals surface area contributed by atoms with Crippen LogP contribution in [0.2, 0.25) is 5.28 Å². The maximum atomic E-state index is 5.78. The molecule has 2 unspecified atom stereocenters. The first-order chi connectivity index (χ1) is 10.8. The number of nitrogens with one attached hydrogen (secondary N) is 2. The van der Waals surface area contributed by atoms with E-state index in [4.69, 9.17) is 11.6 Å². The van der Waals surface area contributed by atoms with Crippen molar-refractivity contribution in [3.63, 3.8) is 0 Å². The van der Waals surface area contributed by atoms with E-state index in [-0.39, 0.29) is 5.28 Å². The first-order valence-corrected chi connectivity index (χ1v) is 7.53. The molecule has 0 amide bonds. The van der Waals surface area contributed by atoms with Crippen LogP contribution in [0.5, 0.6) is 0 Å². The lowest BCUT2D eigenvalue weighted by Gasteiger charge is -2.01. The Morgan fingerprint density at radius 3 is 2.82 bits per heavy atom. The molecular formula is C16H14ClN5. The molecule has 1 aromatic carbocycles. The quantitative estimate of drug-likeness (QED) is 0.718. The van der Waals surface area contributed by atoms with E-state index in [0.717, 1.165) is 17.9 Å². The van der Waals surface area contributed by atoms with Gasteiger partial charge in [0.15, 0.2) is 0 Å². The van der Waals surface area contributed by atoms with Gasteiger partial charge in [0.1, 0.15) is 11.6 Å². The van der Waals surface area contributed by atoms with Gasteiger partial charge >= 0.3 is 0 Å². The molecule has 0 radical (unpaired) electrons. The van der Waals surface area contributed by atoms with Crippen molar-refractivity contribution in [1.82, 2.24) is 20.2 Å². The number of anilines is 2. The van der Waals surface area contributed by atoms with Gasteiger partial charge < -0.3 is 5.32 Å². The van der Waals surface area contributed by atoms with E-state index >= 15 is 0 Å². The minimum atomic E-state index is 0.219. The fourth-order valence-electron chi connectivity index (χ4n) is 2.72. The van der Waals surface area contributed by atoms with E-state index in [1.54, 1.807) is 12.3 Å². The average molecular weight is 312 g/mol. The molecule has 5 nitrogen and oxygen atoms in total. The summed E-state index contributed by atoms with van der Waals surface area (Å²) in [5.41, 5.74) is 2.46. The Labute approximate surface area is 132 Å². The highest BCUT2D eigenvalue weighted by molar-refractivity contribution is 6.28. The molecule has 2 N–H and O–H groups in total. The van der Waals surface area contributed by atoms with Crippen molar-refractivity contribution in [3.05, 3.63) is 65.2 Å². The first kappa shape index (κ1) is 13.3. The average Bonchev–Trinajstić information content (AvgIpc) is 3.21. The van der Waals surface area contributed by atoms with E-state index in [9.17, 15) is 0 Å². The lowest BCUT2D eigenvalue weighted by atomic mass is 10.1. The summed E-state index contributed by atoms with van der Waals surface area (Å²) in [4.78, 5) is 7.95. The molecule has 4 rings (SSSR count). The van der Waals surface area contributed by atoms with Gasteiger partial charge in [0, 0.05) is 18.2 Å². The summed E-state index contributed by atoms with van der Waals surface area (Å²) >= 11 is 5.78. The van der Waals surface area contributed by atoms with Crippen LogP contribution >= 0.6 is 11.6 Å². The Morgan fingerprint density at radius 2 is 2.00 bits per heavy atom. The standard InChI is InChI=1S/C16H14ClN5/c17-16-18-7-6-14(20-16)19-15-9-13(21-22-15)12-8-11(12)10-4-2-1-3-5-10/h1-7,9,11-12H,8H2,(H2,18,19,20,21,22). The summed E-state index contributed by atoms with van der Waals surface area (Å²) in [5, 5.41) is 10.8. The fourth-order valence-corrected chi connectivity index (χ4v) is 2.87. The zero-order valence-electron chi connectivity index (χ0n) is 11.7. The Bertz CT molecular complexity index is 786. The molecule has 6 heteroatoms. The molecule has 1 fully saturated rings. The Morgan fingerprint density at radius 1 is 1.14 bits per heavy atom. The Balaban J connectivity index is 1.47. The predicted octanol–water partition coefficient (Wildman–Crippen LogP) is 3.87. The first-order valence-electron chi connectivity index (χ1n) is 7.15. The summed E-state index contributed by atoms with van der Waals surface area (Å²) in [5.74, 6) is 2.52. The second kappa shape index (κ2) is 5.42. The molecule has 2 aromatic heterocycles. The molecule has 110 valence electrons. The van der Waals surface area contributed by atoms with Crippen LogP contribution in [0, 0.1) is 0 Å². The number of nitrogens with zero attached hydrogens (tertiary/aromatic N) is 3. The predicted molar refractivity (Wildman–Crippen MR) is 85.5 cm³/mol. The molecule has 1 saturated carbocycles. The molecule has 0 saturated heterocycles. The largest absolute Gasteiger partial charge is 0.325 e. The van der Waals surface area contributed by atoms with Gasteiger partial charge in [0.05, 0.1) is 5.69 Å². The third-order valence-electron chi connectivity index (χ3n) is 3.88. The molecular weight excluding hydrogens is 298 g/mol. The highest BCUT2D eigenvalue weighted by atomic mass is 35.5. The summed E-state index contributed by atoms with van der Waals surface area (Å²) in [6, 6.07) is 14.4. The maximum absolute atomic E-state index is 5.78. The van der Waals surface area contributed by atoms with E-state index in [1.165, 1.54) is 5.56 Å². The van der Waals surface area contributed by atoms with E-state index < -0.39 is 0 Å². The van der Waals surface area contributed by atoms with Crippen LogP contribution in [-0.2, 0) is 0 Å². The van der Waals surface area contributed by atoms with Crippen LogP contribution in [0.3, 0.4) is 0 Å². The summed E-state index contributed by atoms with van der Waals surface area (Å²) in [6.45, 7) is 0. The number of hydrogen-bond acceptors (Lipinski definition) is 4. The Hall–Kier alpha value is -2.40. The van der Waals surface area contributed by atoms with Gasteiger partial charge in [0.2, 0.25) is 5.28 Å². The van der Waals surface area contributed by atoms with E-state index in [0.29, 0.717) is 17.7 Å². The van der Waals surface area contributed by atoms with Crippen molar-refractivity contribution in [1.29, 1.82) is 0 Å². The third kappa shape index (κ3) is 2.67. The molecule has 2 heterocycles. The molecule has 2 atom stereocenters. The molecule has 1 aliphatic carbocycles. The van der Waals surface area contributed by atoms with Crippen molar-refractivity contribution in [2.45, 2.75) is 18.3 Å². The van der Waals surface area contributed by atoms with Gasteiger partial charge in [-0.2, -0.15) is 5.10 Å². The van der Waals surface area contributed by atoms with Crippen molar-refractivity contribution >= 4 is 23.2 Å². The topological polar surface area (TPSA) is 66.5 Å². The van der Waals surface area contributed by atoms with Crippen LogP contribution in [0.15, 0.2) is 48.7 Å². The van der Waals surface area contributed by atoms with Gasteiger partial charge in [-0.05, 0) is 35.6 Å². The van der Waals surface area contributed by atoms with Gasteiger partial charge in [0.25, 0.3) is 0 Å². The van der Waals surface area contributed by atoms with Crippen LogP contribution in [-0.4, -0.2) is 20.2 Å². The van der Waals surface area contributed by atoms with E-state index in [1.807, 2.05) is 12.1 Å². The molecule has 0 bridgehead atoms. The highest BCUT2D eigenvalue weighted by Crippen LogP contribution is 2.54. The van der Waals surface area contributed by atoms with Gasteiger partial charge in [-0.25, -0.2) is 9.97 Å². The highest BCUT2D eigenvalue weighted by Gasteiger charge is 2.41. The fraction of sp³-hybridized carbons (Fsp3) is 0.188. The van der Waals surface area contributed by atoms with Gasteiger partial charge in [-0.3, -0.25) is 5.10 Å². The summed E-state index contributed by atoms with van der Waals surface area (Å²) < 4.78 is 0. The number of benzene rings is 1. The molecule has 1 aliphatic rings. The minimum absolute atomic E-state index is 0.219. The minimum Gasteiger partial charge on any atom is -0.325 e. The lowest BCUT2D eigenvalue weighted by Crippen LogP contribution is -1.94. The zero-order chi connectivity index (χ0) is 14.9. The molecule has 0 aliphatic heterocycles. The lowest BCUT2D eigenvalue weighted by molar-refractivity contribution is 0.933. The van der Waals surface area contributed by atoms with Crippen molar-refractivity contribution in [2.75, 3.05) is 5.32 Å². The normalized spacial score (nSPS) is 19.9. The van der Waals surface area contributed by atoms with E-state index in [2.05, 4.69) is 49.7 Å².